The van der Waals surface area contributed by atoms with Gasteiger partial charge in [-0.25, -0.2) is 0 Å². The van der Waals surface area contributed by atoms with Gasteiger partial charge in [-0.2, -0.15) is 0 Å². The van der Waals surface area contributed by atoms with E-state index in [0.29, 0.717) is 0 Å². The van der Waals surface area contributed by atoms with Gasteiger partial charge in [0.2, 0.25) is 0 Å². The molecule has 1 aromatic carbocycles. The maximum absolute atomic E-state index is 3.23. The van der Waals surface area contributed by atoms with E-state index in [2.05, 4.69) is 29.6 Å². The molecular formula is C15H23N. The summed E-state index contributed by atoms with van der Waals surface area (Å²) < 4.78 is 0. The smallest absolute Gasteiger partial charge is 0.00488 e. The number of hydrogen-bond acceptors (Lipinski definition) is 1. The summed E-state index contributed by atoms with van der Waals surface area (Å²) in [6.45, 7) is 1.12. The minimum absolute atomic E-state index is 0.853. The molecule has 0 saturated heterocycles. The summed E-state index contributed by atoms with van der Waals surface area (Å²) in [6.07, 6.45) is 8.14. The molecule has 0 aromatic heterocycles. The fourth-order valence-corrected chi connectivity index (χ4v) is 2.85. The van der Waals surface area contributed by atoms with Crippen LogP contribution in [0, 0.1) is 0 Å². The third-order valence-corrected chi connectivity index (χ3v) is 3.72. The van der Waals surface area contributed by atoms with Gasteiger partial charge in [-0.15, -0.1) is 0 Å². The van der Waals surface area contributed by atoms with Crippen molar-refractivity contribution in [3.05, 3.63) is 35.4 Å². The molecule has 1 aromatic rings. The third kappa shape index (κ3) is 2.85. The lowest BCUT2D eigenvalue weighted by molar-refractivity contribution is 0.687. The first-order chi connectivity index (χ1) is 7.92. The topological polar surface area (TPSA) is 12.0 Å². The molecule has 0 unspecified atom stereocenters. The molecule has 1 fully saturated rings. The lowest BCUT2D eigenvalue weighted by Gasteiger charge is -2.15. The van der Waals surface area contributed by atoms with E-state index in [1.54, 1.807) is 11.1 Å². The van der Waals surface area contributed by atoms with Crippen molar-refractivity contribution in [2.45, 2.75) is 44.4 Å². The second-order valence-electron chi connectivity index (χ2n) is 4.89. The standard InChI is InChI=1S/C15H23N/c1-16-12-6-10-14-9-4-5-11-15(14)13-7-2-3-8-13/h4-5,9,11,13,16H,2-3,6-8,10,12H2,1H3. The molecule has 1 heteroatoms. The van der Waals surface area contributed by atoms with Gasteiger partial charge >= 0.3 is 0 Å². The number of benzene rings is 1. The van der Waals surface area contributed by atoms with Crippen molar-refractivity contribution in [3.63, 3.8) is 0 Å². The van der Waals surface area contributed by atoms with Crippen molar-refractivity contribution in [3.8, 4) is 0 Å². The maximum Gasteiger partial charge on any atom is -0.00488 e. The summed E-state index contributed by atoms with van der Waals surface area (Å²) in [5.41, 5.74) is 3.22. The van der Waals surface area contributed by atoms with Gasteiger partial charge in [0.15, 0.2) is 0 Å². The highest BCUT2D eigenvalue weighted by Gasteiger charge is 2.18. The molecule has 16 heavy (non-hydrogen) atoms. The van der Waals surface area contributed by atoms with Gasteiger partial charge in [0.05, 0.1) is 0 Å². The molecule has 1 aliphatic carbocycles. The molecule has 0 heterocycles. The van der Waals surface area contributed by atoms with Crippen LogP contribution in [-0.2, 0) is 6.42 Å². The molecule has 88 valence electrons. The second kappa shape index (κ2) is 6.05. The van der Waals surface area contributed by atoms with Gasteiger partial charge < -0.3 is 5.32 Å². The van der Waals surface area contributed by atoms with E-state index >= 15 is 0 Å². The molecule has 2 rings (SSSR count). The van der Waals surface area contributed by atoms with Crippen LogP contribution >= 0.6 is 0 Å². The Bertz CT molecular complexity index is 313. The Morgan fingerprint density at radius 2 is 1.94 bits per heavy atom. The zero-order valence-corrected chi connectivity index (χ0v) is 10.3. The van der Waals surface area contributed by atoms with Crippen LogP contribution < -0.4 is 5.32 Å². The lowest BCUT2D eigenvalue weighted by atomic mass is 9.91. The summed E-state index contributed by atoms with van der Waals surface area (Å²) in [5, 5.41) is 3.23. The molecule has 0 spiro atoms. The van der Waals surface area contributed by atoms with Gasteiger partial charge in [-0.3, -0.25) is 0 Å². The summed E-state index contributed by atoms with van der Waals surface area (Å²) in [7, 11) is 2.03. The molecule has 1 saturated carbocycles. The quantitative estimate of drug-likeness (QED) is 0.744. The Labute approximate surface area is 99.3 Å². The van der Waals surface area contributed by atoms with Crippen LogP contribution in [0.3, 0.4) is 0 Å². The van der Waals surface area contributed by atoms with Crippen LogP contribution in [0.4, 0.5) is 0 Å². The van der Waals surface area contributed by atoms with Crippen molar-refractivity contribution < 1.29 is 0 Å². The van der Waals surface area contributed by atoms with Crippen LogP contribution in [0.15, 0.2) is 24.3 Å². The predicted molar refractivity (Wildman–Crippen MR) is 69.9 cm³/mol. The minimum Gasteiger partial charge on any atom is -0.320 e. The molecule has 0 amide bonds. The molecule has 1 nitrogen and oxygen atoms in total. The molecule has 0 atom stereocenters. The van der Waals surface area contributed by atoms with Crippen LogP contribution in [0.5, 0.6) is 0 Å². The molecule has 0 radical (unpaired) electrons. The van der Waals surface area contributed by atoms with Crippen molar-refractivity contribution >= 4 is 0 Å². The molecule has 1 N–H and O–H groups in total. The highest BCUT2D eigenvalue weighted by Crippen LogP contribution is 2.35. The third-order valence-electron chi connectivity index (χ3n) is 3.72. The Kier molecular flexibility index (Phi) is 4.41. The van der Waals surface area contributed by atoms with E-state index < -0.39 is 0 Å². The van der Waals surface area contributed by atoms with E-state index in [1.807, 2.05) is 7.05 Å². The number of aryl methyl sites for hydroxylation is 1. The number of nitrogens with one attached hydrogen (secondary N) is 1. The van der Waals surface area contributed by atoms with E-state index in [1.165, 1.54) is 38.5 Å². The molecule has 0 aliphatic heterocycles. The maximum atomic E-state index is 3.23. The summed E-state index contributed by atoms with van der Waals surface area (Å²) in [5.74, 6) is 0.853. The molecule has 1 aliphatic rings. The van der Waals surface area contributed by atoms with Crippen LogP contribution in [0.1, 0.15) is 49.1 Å². The fourth-order valence-electron chi connectivity index (χ4n) is 2.85. The van der Waals surface area contributed by atoms with E-state index in [9.17, 15) is 0 Å². The molecule has 0 bridgehead atoms. The first kappa shape index (κ1) is 11.7. The average Bonchev–Trinajstić information content (AvgIpc) is 2.83. The van der Waals surface area contributed by atoms with E-state index in [0.717, 1.165) is 12.5 Å². The minimum atomic E-state index is 0.853. The number of hydrogen-bond donors (Lipinski definition) is 1. The Morgan fingerprint density at radius 3 is 2.69 bits per heavy atom. The molecular weight excluding hydrogens is 194 g/mol. The van der Waals surface area contributed by atoms with Gasteiger partial charge in [0.1, 0.15) is 0 Å². The Morgan fingerprint density at radius 1 is 1.19 bits per heavy atom. The highest BCUT2D eigenvalue weighted by atomic mass is 14.8. The first-order valence-corrected chi connectivity index (χ1v) is 6.64. The first-order valence-electron chi connectivity index (χ1n) is 6.64. The van der Waals surface area contributed by atoms with Crippen molar-refractivity contribution in [2.24, 2.45) is 0 Å². The zero-order chi connectivity index (χ0) is 11.2. The summed E-state index contributed by atoms with van der Waals surface area (Å²) in [6, 6.07) is 9.07. The predicted octanol–water partition coefficient (Wildman–Crippen LogP) is 3.50. The van der Waals surface area contributed by atoms with Crippen LogP contribution in [-0.4, -0.2) is 13.6 Å². The SMILES string of the molecule is CNCCCc1ccccc1C1CCCC1. The van der Waals surface area contributed by atoms with Gasteiger partial charge in [0.25, 0.3) is 0 Å². The lowest BCUT2D eigenvalue weighted by Crippen LogP contribution is -2.09. The van der Waals surface area contributed by atoms with E-state index in [-0.39, 0.29) is 0 Å². The largest absolute Gasteiger partial charge is 0.320 e. The number of rotatable bonds is 5. The average molecular weight is 217 g/mol. The Balaban J connectivity index is 2.04. The fraction of sp³-hybridized carbons (Fsp3) is 0.600. The van der Waals surface area contributed by atoms with Crippen LogP contribution in [0.25, 0.3) is 0 Å². The van der Waals surface area contributed by atoms with Crippen molar-refractivity contribution in [2.75, 3.05) is 13.6 Å². The summed E-state index contributed by atoms with van der Waals surface area (Å²) >= 11 is 0. The van der Waals surface area contributed by atoms with E-state index in [4.69, 9.17) is 0 Å². The van der Waals surface area contributed by atoms with Gasteiger partial charge in [0, 0.05) is 0 Å². The Hall–Kier alpha value is -0.820. The monoisotopic (exact) mass is 217 g/mol. The second-order valence-corrected chi connectivity index (χ2v) is 4.89. The normalized spacial score (nSPS) is 16.8. The van der Waals surface area contributed by atoms with Crippen molar-refractivity contribution in [1.82, 2.24) is 5.32 Å². The van der Waals surface area contributed by atoms with Crippen molar-refractivity contribution in [1.29, 1.82) is 0 Å². The van der Waals surface area contributed by atoms with Gasteiger partial charge in [-0.1, -0.05) is 37.1 Å². The highest BCUT2D eigenvalue weighted by molar-refractivity contribution is 5.31. The zero-order valence-electron chi connectivity index (χ0n) is 10.3. The van der Waals surface area contributed by atoms with Gasteiger partial charge in [-0.05, 0) is 56.3 Å². The van der Waals surface area contributed by atoms with Crippen LogP contribution in [0.2, 0.25) is 0 Å². The summed E-state index contributed by atoms with van der Waals surface area (Å²) in [4.78, 5) is 0.